The van der Waals surface area contributed by atoms with Gasteiger partial charge in [0.25, 0.3) is 5.91 Å². The number of hydrogen-bond donors (Lipinski definition) is 1. The van der Waals surface area contributed by atoms with E-state index in [2.05, 4.69) is 20.3 Å². The molecule has 0 atom stereocenters. The van der Waals surface area contributed by atoms with Crippen LogP contribution in [-0.2, 0) is 6.18 Å². The van der Waals surface area contributed by atoms with Crippen LogP contribution in [0.25, 0.3) is 0 Å². The fourth-order valence-electron chi connectivity index (χ4n) is 2.06. The van der Waals surface area contributed by atoms with Crippen molar-refractivity contribution in [2.45, 2.75) is 13.1 Å². The largest absolute Gasteiger partial charge is 0.433 e. The molecule has 9 heteroatoms. The molecule has 2 aromatic heterocycles. The van der Waals surface area contributed by atoms with Crippen LogP contribution in [0.3, 0.4) is 0 Å². The molecule has 0 bridgehead atoms. The second-order valence-electron chi connectivity index (χ2n) is 5.52. The maximum atomic E-state index is 12.7. The molecule has 0 spiro atoms. The van der Waals surface area contributed by atoms with E-state index in [1.165, 1.54) is 24.3 Å². The molecule has 27 heavy (non-hydrogen) atoms. The highest BCUT2D eigenvalue weighted by atomic mass is 19.4. The predicted octanol–water partition coefficient (Wildman–Crippen LogP) is 4.24. The molecule has 2 heterocycles. The van der Waals surface area contributed by atoms with Crippen LogP contribution >= 0.6 is 0 Å². The summed E-state index contributed by atoms with van der Waals surface area (Å²) in [6.07, 6.45) is -2.03. The number of aryl methyl sites for hydroxylation is 1. The first-order chi connectivity index (χ1) is 12.8. The Morgan fingerprint density at radius 1 is 1.04 bits per heavy atom. The number of amides is 1. The molecule has 0 fully saturated rings. The van der Waals surface area contributed by atoms with Crippen LogP contribution in [0.15, 0.2) is 54.9 Å². The Morgan fingerprint density at radius 2 is 1.78 bits per heavy atom. The lowest BCUT2D eigenvalue weighted by atomic mass is 10.2. The number of aromatic nitrogens is 3. The first-order valence-corrected chi connectivity index (χ1v) is 7.73. The summed E-state index contributed by atoms with van der Waals surface area (Å²) >= 11 is 0. The number of ether oxygens (including phenoxy) is 1. The van der Waals surface area contributed by atoms with Gasteiger partial charge in [-0.25, -0.2) is 4.98 Å². The molecule has 0 unspecified atom stereocenters. The van der Waals surface area contributed by atoms with E-state index < -0.39 is 17.9 Å². The van der Waals surface area contributed by atoms with Gasteiger partial charge >= 0.3 is 12.2 Å². The van der Waals surface area contributed by atoms with E-state index in [1.54, 1.807) is 18.3 Å². The zero-order valence-electron chi connectivity index (χ0n) is 14.0. The number of alkyl halides is 3. The highest BCUT2D eigenvalue weighted by Gasteiger charge is 2.33. The Labute approximate surface area is 152 Å². The highest BCUT2D eigenvalue weighted by Crippen LogP contribution is 2.29. The molecule has 0 radical (unpaired) electrons. The molecule has 0 saturated heterocycles. The average molecular weight is 374 g/mol. The molecule has 0 aliphatic heterocycles. The van der Waals surface area contributed by atoms with Crippen LogP contribution in [0, 0.1) is 6.92 Å². The van der Waals surface area contributed by atoms with Crippen molar-refractivity contribution in [3.63, 3.8) is 0 Å². The smallest absolute Gasteiger partial charge is 0.424 e. The van der Waals surface area contributed by atoms with Crippen LogP contribution in [0.4, 0.5) is 18.9 Å². The number of rotatable bonds is 4. The van der Waals surface area contributed by atoms with Crippen molar-refractivity contribution >= 4 is 11.6 Å². The third-order valence-corrected chi connectivity index (χ3v) is 3.39. The topological polar surface area (TPSA) is 77.0 Å². The van der Waals surface area contributed by atoms with Crippen LogP contribution < -0.4 is 10.1 Å². The van der Waals surface area contributed by atoms with Gasteiger partial charge in [-0.15, -0.1) is 0 Å². The normalized spacial score (nSPS) is 11.1. The zero-order valence-corrected chi connectivity index (χ0v) is 14.0. The quantitative estimate of drug-likeness (QED) is 0.739. The van der Waals surface area contributed by atoms with Gasteiger partial charge in [-0.05, 0) is 48.9 Å². The lowest BCUT2D eigenvalue weighted by Crippen LogP contribution is -2.13. The van der Waals surface area contributed by atoms with Crippen molar-refractivity contribution in [1.82, 2.24) is 15.0 Å². The number of pyridine rings is 1. The lowest BCUT2D eigenvalue weighted by Gasteiger charge is -2.09. The standard InChI is InChI=1S/C18H13F3N4O2/c1-11-2-7-14(23-10-11)16(26)24-12-3-5-13(6-4-12)27-17-22-9-8-15(25-17)18(19,20)21/h2-10H,1H3,(H,24,26). The minimum absolute atomic E-state index is 0.223. The first-order valence-electron chi connectivity index (χ1n) is 7.73. The molecule has 6 nitrogen and oxygen atoms in total. The number of carbonyl (C=O) groups excluding carboxylic acids is 1. The van der Waals surface area contributed by atoms with Crippen LogP contribution in [0.2, 0.25) is 0 Å². The van der Waals surface area contributed by atoms with Gasteiger partial charge in [0.2, 0.25) is 0 Å². The van der Waals surface area contributed by atoms with E-state index in [-0.39, 0.29) is 17.4 Å². The van der Waals surface area contributed by atoms with Gasteiger partial charge < -0.3 is 10.1 Å². The molecule has 1 aromatic carbocycles. The maximum absolute atomic E-state index is 12.7. The van der Waals surface area contributed by atoms with Gasteiger partial charge in [-0.1, -0.05) is 6.07 Å². The van der Waals surface area contributed by atoms with Crippen molar-refractivity contribution in [2.24, 2.45) is 0 Å². The Morgan fingerprint density at radius 3 is 2.41 bits per heavy atom. The van der Waals surface area contributed by atoms with Crippen molar-refractivity contribution in [1.29, 1.82) is 0 Å². The Kier molecular flexibility index (Phi) is 5.02. The van der Waals surface area contributed by atoms with Crippen LogP contribution in [0.5, 0.6) is 11.8 Å². The molecular formula is C18H13F3N4O2. The Balaban J connectivity index is 1.67. The Hall–Kier alpha value is -3.49. The highest BCUT2D eigenvalue weighted by molar-refractivity contribution is 6.02. The van der Waals surface area contributed by atoms with Gasteiger partial charge in [0.05, 0.1) is 0 Å². The summed E-state index contributed by atoms with van der Waals surface area (Å²) in [5.74, 6) is -0.161. The summed E-state index contributed by atoms with van der Waals surface area (Å²) in [7, 11) is 0. The van der Waals surface area contributed by atoms with Gasteiger partial charge in [0, 0.05) is 18.1 Å². The molecule has 138 valence electrons. The maximum Gasteiger partial charge on any atom is 0.433 e. The third kappa shape index (κ3) is 4.78. The van der Waals surface area contributed by atoms with Crippen molar-refractivity contribution in [3.05, 3.63) is 71.8 Å². The lowest BCUT2D eigenvalue weighted by molar-refractivity contribution is -0.141. The molecule has 0 aliphatic rings. The summed E-state index contributed by atoms with van der Waals surface area (Å²) in [4.78, 5) is 23.1. The van der Waals surface area contributed by atoms with E-state index in [4.69, 9.17) is 4.74 Å². The van der Waals surface area contributed by atoms with Gasteiger partial charge in [0.15, 0.2) is 5.69 Å². The number of hydrogen-bond acceptors (Lipinski definition) is 5. The first kappa shape index (κ1) is 18.3. The second kappa shape index (κ2) is 7.40. The number of carbonyl (C=O) groups is 1. The van der Waals surface area contributed by atoms with Crippen molar-refractivity contribution in [3.8, 4) is 11.8 Å². The predicted molar refractivity (Wildman–Crippen MR) is 90.5 cm³/mol. The van der Waals surface area contributed by atoms with E-state index in [1.807, 2.05) is 6.92 Å². The summed E-state index contributed by atoms with van der Waals surface area (Å²) in [6.45, 7) is 1.86. The summed E-state index contributed by atoms with van der Waals surface area (Å²) < 4.78 is 43.2. The molecule has 0 aliphatic carbocycles. The van der Waals surface area contributed by atoms with E-state index in [9.17, 15) is 18.0 Å². The third-order valence-electron chi connectivity index (χ3n) is 3.39. The summed E-state index contributed by atoms with van der Waals surface area (Å²) in [5.41, 5.74) is 0.574. The van der Waals surface area contributed by atoms with Gasteiger partial charge in [-0.3, -0.25) is 9.78 Å². The zero-order chi connectivity index (χ0) is 19.4. The number of nitrogens with zero attached hydrogens (tertiary/aromatic N) is 3. The Bertz CT molecular complexity index is 942. The number of nitrogens with one attached hydrogen (secondary N) is 1. The molecular weight excluding hydrogens is 361 g/mol. The summed E-state index contributed by atoms with van der Waals surface area (Å²) in [6, 6.07) is 9.73. The number of benzene rings is 1. The molecule has 0 saturated carbocycles. The van der Waals surface area contributed by atoms with E-state index in [0.717, 1.165) is 17.8 Å². The molecule has 1 amide bonds. The summed E-state index contributed by atoms with van der Waals surface area (Å²) in [5, 5.41) is 2.66. The van der Waals surface area contributed by atoms with Gasteiger partial charge in [-0.2, -0.15) is 18.2 Å². The minimum Gasteiger partial charge on any atom is -0.424 e. The minimum atomic E-state index is -4.58. The van der Waals surface area contributed by atoms with E-state index >= 15 is 0 Å². The fourth-order valence-corrected chi connectivity index (χ4v) is 2.06. The molecule has 3 aromatic rings. The number of anilines is 1. The van der Waals surface area contributed by atoms with Gasteiger partial charge in [0.1, 0.15) is 11.4 Å². The average Bonchev–Trinajstić information content (AvgIpc) is 2.63. The molecule has 3 rings (SSSR count). The van der Waals surface area contributed by atoms with Crippen molar-refractivity contribution < 1.29 is 22.7 Å². The number of halogens is 3. The van der Waals surface area contributed by atoms with Crippen LogP contribution in [0.1, 0.15) is 21.7 Å². The monoisotopic (exact) mass is 374 g/mol. The van der Waals surface area contributed by atoms with E-state index in [0.29, 0.717) is 5.69 Å². The fraction of sp³-hybridized carbons (Fsp3) is 0.111. The second-order valence-corrected chi connectivity index (χ2v) is 5.52. The molecule has 1 N–H and O–H groups in total. The SMILES string of the molecule is Cc1ccc(C(=O)Nc2ccc(Oc3nccc(C(F)(F)F)n3)cc2)nc1. The van der Waals surface area contributed by atoms with Crippen molar-refractivity contribution in [2.75, 3.05) is 5.32 Å². The van der Waals surface area contributed by atoms with Crippen LogP contribution in [-0.4, -0.2) is 20.9 Å².